The van der Waals surface area contributed by atoms with Crippen LogP contribution in [-0.2, 0) is 15.3 Å². The lowest BCUT2D eigenvalue weighted by Crippen LogP contribution is -2.12. The van der Waals surface area contributed by atoms with E-state index in [4.69, 9.17) is 4.52 Å². The Bertz CT molecular complexity index is 816. The summed E-state index contributed by atoms with van der Waals surface area (Å²) in [5, 5.41) is 3.72. The largest absolute Gasteiger partial charge is 0.360 e. The minimum Gasteiger partial charge on any atom is -0.360 e. The van der Waals surface area contributed by atoms with Gasteiger partial charge in [0.25, 0.3) is 0 Å². The number of rotatable bonds is 4. The molecule has 1 fully saturated rings. The summed E-state index contributed by atoms with van der Waals surface area (Å²) < 4.78 is 28.9. The molecule has 0 amide bonds. The van der Waals surface area contributed by atoms with Gasteiger partial charge in [0.05, 0.1) is 16.7 Å². The van der Waals surface area contributed by atoms with E-state index in [1.165, 1.54) is 18.3 Å². The number of hydrogen-bond donors (Lipinski definition) is 0. The molecule has 0 spiro atoms. The van der Waals surface area contributed by atoms with E-state index in [0.29, 0.717) is 11.3 Å². The van der Waals surface area contributed by atoms with E-state index in [0.717, 1.165) is 19.1 Å². The number of ketones is 1. The summed E-state index contributed by atoms with van der Waals surface area (Å²) >= 11 is 0. The molecule has 0 saturated heterocycles. The molecule has 21 heavy (non-hydrogen) atoms. The first-order chi connectivity index (χ1) is 9.83. The smallest absolute Gasteiger partial charge is 0.199 e. The van der Waals surface area contributed by atoms with Crippen molar-refractivity contribution >= 4 is 15.6 Å². The monoisotopic (exact) mass is 305 g/mol. The van der Waals surface area contributed by atoms with Crippen molar-refractivity contribution in [2.75, 3.05) is 6.26 Å². The van der Waals surface area contributed by atoms with Crippen molar-refractivity contribution in [2.24, 2.45) is 0 Å². The number of carbonyl (C=O) groups is 1. The van der Waals surface area contributed by atoms with Crippen LogP contribution in [0.3, 0.4) is 0 Å². The average molecular weight is 305 g/mol. The molecule has 1 aliphatic carbocycles. The maximum atomic E-state index is 12.7. The topological polar surface area (TPSA) is 77.2 Å². The van der Waals surface area contributed by atoms with Gasteiger partial charge in [-0.1, -0.05) is 24.2 Å². The fourth-order valence-electron chi connectivity index (χ4n) is 2.37. The number of carbonyl (C=O) groups excluding carboxylic acids is 1. The Morgan fingerprint density at radius 1 is 1.24 bits per heavy atom. The Hall–Kier alpha value is -1.95. The van der Waals surface area contributed by atoms with Crippen molar-refractivity contribution in [3.05, 3.63) is 47.3 Å². The lowest BCUT2D eigenvalue weighted by molar-refractivity contribution is 0.103. The molecular weight excluding hydrogens is 290 g/mol. The molecule has 5 nitrogen and oxygen atoms in total. The van der Waals surface area contributed by atoms with Gasteiger partial charge in [-0.3, -0.25) is 4.79 Å². The van der Waals surface area contributed by atoms with Crippen LogP contribution in [-0.4, -0.2) is 25.6 Å². The van der Waals surface area contributed by atoms with Crippen LogP contribution in [0.1, 0.15) is 41.4 Å². The molecule has 0 unspecified atom stereocenters. The second-order valence-corrected chi connectivity index (χ2v) is 7.71. The van der Waals surface area contributed by atoms with Crippen molar-refractivity contribution < 1.29 is 17.7 Å². The molecule has 0 bridgehead atoms. The fourth-order valence-corrected chi connectivity index (χ4v) is 3.26. The zero-order chi connectivity index (χ0) is 15.3. The van der Waals surface area contributed by atoms with Crippen LogP contribution in [0.4, 0.5) is 0 Å². The van der Waals surface area contributed by atoms with E-state index in [1.807, 2.05) is 6.92 Å². The van der Waals surface area contributed by atoms with Gasteiger partial charge in [0.2, 0.25) is 0 Å². The molecule has 0 aliphatic heterocycles. The third-order valence-electron chi connectivity index (χ3n) is 3.89. The molecule has 1 saturated carbocycles. The first-order valence-corrected chi connectivity index (χ1v) is 8.51. The Morgan fingerprint density at radius 2 is 1.90 bits per heavy atom. The normalized spacial score (nSPS) is 16.7. The standard InChI is InChI=1S/C15H15NO4S/c1-15(7-8-15)14-11(9-16-20-14)13(17)10-5-3-4-6-12(10)21(2,18)19/h3-6,9H,7-8H2,1-2H3. The van der Waals surface area contributed by atoms with E-state index in [-0.39, 0.29) is 21.7 Å². The zero-order valence-electron chi connectivity index (χ0n) is 11.8. The van der Waals surface area contributed by atoms with Crippen LogP contribution in [0.2, 0.25) is 0 Å². The second kappa shape index (κ2) is 4.53. The highest BCUT2D eigenvalue weighted by atomic mass is 32.2. The van der Waals surface area contributed by atoms with Gasteiger partial charge in [-0.15, -0.1) is 0 Å². The van der Waals surface area contributed by atoms with Crippen molar-refractivity contribution in [3.8, 4) is 0 Å². The van der Waals surface area contributed by atoms with Crippen LogP contribution in [0.5, 0.6) is 0 Å². The minimum absolute atomic E-state index is 0.0306. The lowest BCUT2D eigenvalue weighted by Gasteiger charge is -2.08. The number of sulfone groups is 1. The Morgan fingerprint density at radius 3 is 2.52 bits per heavy atom. The number of benzene rings is 1. The van der Waals surface area contributed by atoms with Gasteiger partial charge in [-0.05, 0) is 25.0 Å². The van der Waals surface area contributed by atoms with Crippen molar-refractivity contribution in [3.63, 3.8) is 0 Å². The predicted octanol–water partition coefficient (Wildman–Crippen LogP) is 2.36. The van der Waals surface area contributed by atoms with E-state index in [9.17, 15) is 13.2 Å². The summed E-state index contributed by atoms with van der Waals surface area (Å²) in [5.74, 6) is 0.191. The summed E-state index contributed by atoms with van der Waals surface area (Å²) in [6, 6.07) is 6.21. The maximum absolute atomic E-state index is 12.7. The fraction of sp³-hybridized carbons (Fsp3) is 0.333. The third-order valence-corrected chi connectivity index (χ3v) is 5.05. The average Bonchev–Trinajstić information content (AvgIpc) is 3.00. The highest BCUT2D eigenvalue weighted by Gasteiger charge is 2.45. The molecule has 1 heterocycles. The molecular formula is C15H15NO4S. The van der Waals surface area contributed by atoms with Crippen LogP contribution in [0, 0.1) is 0 Å². The Labute approximate surface area is 122 Å². The Balaban J connectivity index is 2.11. The molecule has 6 heteroatoms. The predicted molar refractivity (Wildman–Crippen MR) is 76.1 cm³/mol. The molecule has 0 atom stereocenters. The maximum Gasteiger partial charge on any atom is 0.199 e. The lowest BCUT2D eigenvalue weighted by atomic mass is 9.97. The highest BCUT2D eigenvalue weighted by molar-refractivity contribution is 7.90. The second-order valence-electron chi connectivity index (χ2n) is 5.73. The zero-order valence-corrected chi connectivity index (χ0v) is 12.6. The van der Waals surface area contributed by atoms with Crippen molar-refractivity contribution in [1.29, 1.82) is 0 Å². The quantitative estimate of drug-likeness (QED) is 0.810. The van der Waals surface area contributed by atoms with E-state index >= 15 is 0 Å². The summed E-state index contributed by atoms with van der Waals surface area (Å²) in [7, 11) is -3.47. The van der Waals surface area contributed by atoms with Crippen LogP contribution >= 0.6 is 0 Å². The summed E-state index contributed by atoms with van der Waals surface area (Å²) in [6.45, 7) is 2.01. The minimum atomic E-state index is -3.47. The number of nitrogens with zero attached hydrogens (tertiary/aromatic N) is 1. The van der Waals surface area contributed by atoms with Gasteiger partial charge in [-0.25, -0.2) is 8.42 Å². The van der Waals surface area contributed by atoms with Gasteiger partial charge in [0.15, 0.2) is 21.4 Å². The van der Waals surface area contributed by atoms with Gasteiger partial charge >= 0.3 is 0 Å². The Kier molecular flexibility index (Phi) is 3.02. The van der Waals surface area contributed by atoms with Gasteiger partial charge < -0.3 is 4.52 Å². The molecule has 0 N–H and O–H groups in total. The van der Waals surface area contributed by atoms with Crippen LogP contribution in [0.25, 0.3) is 0 Å². The van der Waals surface area contributed by atoms with Crippen LogP contribution in [0.15, 0.2) is 39.9 Å². The van der Waals surface area contributed by atoms with Crippen molar-refractivity contribution in [1.82, 2.24) is 5.16 Å². The summed E-state index contributed by atoms with van der Waals surface area (Å²) in [5.41, 5.74) is 0.362. The SMILES string of the molecule is CC1(c2oncc2C(=O)c2ccccc2S(C)(=O)=O)CC1. The third kappa shape index (κ3) is 2.40. The first-order valence-electron chi connectivity index (χ1n) is 6.62. The number of aromatic nitrogens is 1. The van der Waals surface area contributed by atoms with E-state index in [1.54, 1.807) is 12.1 Å². The van der Waals surface area contributed by atoms with Gasteiger partial charge in [0.1, 0.15) is 0 Å². The van der Waals surface area contributed by atoms with Gasteiger partial charge in [0, 0.05) is 17.2 Å². The van der Waals surface area contributed by atoms with E-state index in [2.05, 4.69) is 5.16 Å². The van der Waals surface area contributed by atoms with Crippen molar-refractivity contribution in [2.45, 2.75) is 30.1 Å². The summed E-state index contributed by atoms with van der Waals surface area (Å²) in [6.07, 6.45) is 4.35. The molecule has 110 valence electrons. The molecule has 0 radical (unpaired) electrons. The molecule has 1 aromatic heterocycles. The highest BCUT2D eigenvalue weighted by Crippen LogP contribution is 2.49. The molecule has 3 rings (SSSR count). The number of hydrogen-bond acceptors (Lipinski definition) is 5. The molecule has 1 aromatic carbocycles. The molecule has 2 aromatic rings. The summed E-state index contributed by atoms with van der Waals surface area (Å²) in [4.78, 5) is 12.7. The van der Waals surface area contributed by atoms with E-state index < -0.39 is 9.84 Å². The molecule has 1 aliphatic rings. The first kappa shape index (κ1) is 14.0. The van der Waals surface area contributed by atoms with Gasteiger partial charge in [-0.2, -0.15) is 0 Å². The van der Waals surface area contributed by atoms with Crippen LogP contribution < -0.4 is 0 Å².